The normalized spacial score (nSPS) is 15.2. The van der Waals surface area contributed by atoms with E-state index in [9.17, 15) is 9.59 Å². The van der Waals surface area contributed by atoms with Gasteiger partial charge < -0.3 is 15.5 Å². The highest BCUT2D eigenvalue weighted by Crippen LogP contribution is 2.17. The van der Waals surface area contributed by atoms with Gasteiger partial charge >= 0.3 is 6.03 Å². The van der Waals surface area contributed by atoms with Gasteiger partial charge in [-0.25, -0.2) is 4.79 Å². The lowest BCUT2D eigenvalue weighted by molar-refractivity contribution is 0.0565. The number of nitrogens with one attached hydrogen (secondary N) is 2. The Hall–Kier alpha value is -1.32. The van der Waals surface area contributed by atoms with Gasteiger partial charge in [0.25, 0.3) is 5.91 Å². The Morgan fingerprint density at radius 2 is 2.17 bits per heavy atom. The summed E-state index contributed by atoms with van der Waals surface area (Å²) in [6.07, 6.45) is 1.66. The number of likely N-dealkylation sites (tertiary alicyclic amines) is 1. The molecule has 0 radical (unpaired) electrons. The molecule has 0 atom stereocenters. The number of aryl methyl sites for hydroxylation is 1. The summed E-state index contributed by atoms with van der Waals surface area (Å²) in [6.45, 7) is 1.07. The second kappa shape index (κ2) is 5.12. The molecule has 0 aromatic carbocycles. The molecule has 0 aliphatic carbocycles. The zero-order valence-electron chi connectivity index (χ0n) is 10.1. The van der Waals surface area contributed by atoms with E-state index < -0.39 is 0 Å². The minimum atomic E-state index is -0.220. The van der Waals surface area contributed by atoms with Crippen molar-refractivity contribution in [2.75, 3.05) is 20.1 Å². The lowest BCUT2D eigenvalue weighted by atomic mass is 10.1. The monoisotopic (exact) mass is 363 g/mol. The average Bonchev–Trinajstić information content (AvgIpc) is 2.62. The Balaban J connectivity index is 1.93. The summed E-state index contributed by atoms with van der Waals surface area (Å²) in [6, 6.07) is -0.193. The van der Waals surface area contributed by atoms with Crippen molar-refractivity contribution >= 4 is 34.5 Å². The number of hydrogen-bond acceptors (Lipinski definition) is 3. The first kappa shape index (κ1) is 13.1. The van der Waals surface area contributed by atoms with Crippen molar-refractivity contribution < 1.29 is 9.59 Å². The highest BCUT2D eigenvalue weighted by atomic mass is 127. The molecule has 0 unspecified atom stereocenters. The third-order valence-electron chi connectivity index (χ3n) is 2.83. The molecule has 18 heavy (non-hydrogen) atoms. The summed E-state index contributed by atoms with van der Waals surface area (Å²) >= 11 is 2.09. The number of rotatable bonds is 2. The molecule has 2 N–H and O–H groups in total. The van der Waals surface area contributed by atoms with Gasteiger partial charge in [-0.05, 0) is 22.6 Å². The molecule has 0 saturated carbocycles. The summed E-state index contributed by atoms with van der Waals surface area (Å²) < 4.78 is 2.41. The number of urea groups is 1. The first-order valence-corrected chi connectivity index (χ1v) is 6.55. The highest BCUT2D eigenvalue weighted by Gasteiger charge is 2.34. The minimum Gasteiger partial charge on any atom is -0.341 e. The van der Waals surface area contributed by atoms with Crippen molar-refractivity contribution in [3.8, 4) is 0 Å². The third kappa shape index (κ3) is 2.42. The Morgan fingerprint density at radius 3 is 2.67 bits per heavy atom. The second-order valence-electron chi connectivity index (χ2n) is 4.10. The Morgan fingerprint density at radius 1 is 1.50 bits per heavy atom. The predicted octanol–water partition coefficient (Wildman–Crippen LogP) is -0.222. The fraction of sp³-hybridized carbons (Fsp3) is 0.500. The van der Waals surface area contributed by atoms with E-state index >= 15 is 0 Å². The maximum atomic E-state index is 12.2. The molecule has 8 heteroatoms. The van der Waals surface area contributed by atoms with E-state index in [0.29, 0.717) is 18.8 Å². The van der Waals surface area contributed by atoms with Crippen LogP contribution in [0.5, 0.6) is 0 Å². The van der Waals surface area contributed by atoms with Gasteiger partial charge in [0.1, 0.15) is 5.69 Å². The van der Waals surface area contributed by atoms with Gasteiger partial charge in [-0.2, -0.15) is 5.10 Å². The van der Waals surface area contributed by atoms with Crippen LogP contribution in [0.1, 0.15) is 10.5 Å². The molecule has 7 nitrogen and oxygen atoms in total. The summed E-state index contributed by atoms with van der Waals surface area (Å²) in [5.41, 5.74) is 0.592. The van der Waals surface area contributed by atoms with Gasteiger partial charge in [-0.1, -0.05) is 0 Å². The van der Waals surface area contributed by atoms with Crippen LogP contribution in [0.4, 0.5) is 4.79 Å². The standard InChI is InChI=1S/C10H14IN5O2/c1-12-10(18)14-6-4-16(5-6)9(17)8-7(11)3-13-15(8)2/h3,6H,4-5H2,1-2H3,(H2,12,14,18). The van der Waals surface area contributed by atoms with Crippen LogP contribution in [0.2, 0.25) is 0 Å². The van der Waals surface area contributed by atoms with E-state index in [4.69, 9.17) is 0 Å². The molecule has 1 saturated heterocycles. The van der Waals surface area contributed by atoms with Crippen molar-refractivity contribution in [3.05, 3.63) is 15.5 Å². The van der Waals surface area contributed by atoms with Gasteiger partial charge in [0.15, 0.2) is 0 Å². The van der Waals surface area contributed by atoms with E-state index in [1.807, 2.05) is 0 Å². The first-order valence-electron chi connectivity index (χ1n) is 5.48. The van der Waals surface area contributed by atoms with Gasteiger partial charge in [0.05, 0.1) is 15.8 Å². The number of carbonyl (C=O) groups excluding carboxylic acids is 2. The van der Waals surface area contributed by atoms with Crippen LogP contribution < -0.4 is 10.6 Å². The smallest absolute Gasteiger partial charge is 0.314 e. The molecule has 2 rings (SSSR count). The Bertz CT molecular complexity index is 461. The molecule has 0 bridgehead atoms. The molecule has 98 valence electrons. The number of halogens is 1. The maximum absolute atomic E-state index is 12.2. The molecule has 0 spiro atoms. The largest absolute Gasteiger partial charge is 0.341 e. The van der Waals surface area contributed by atoms with Crippen LogP contribution in [-0.4, -0.2) is 52.8 Å². The van der Waals surface area contributed by atoms with Crippen molar-refractivity contribution in [2.24, 2.45) is 7.05 Å². The van der Waals surface area contributed by atoms with Crippen molar-refractivity contribution in [1.82, 2.24) is 25.3 Å². The SMILES string of the molecule is CNC(=O)NC1CN(C(=O)c2c(I)cnn2C)C1. The molecule has 1 aromatic heterocycles. The third-order valence-corrected chi connectivity index (χ3v) is 3.62. The quantitative estimate of drug-likeness (QED) is 0.713. The van der Waals surface area contributed by atoms with Crippen LogP contribution in [0.3, 0.4) is 0 Å². The summed E-state index contributed by atoms with van der Waals surface area (Å²) in [5.74, 6) is -0.0469. The van der Waals surface area contributed by atoms with Gasteiger partial charge in [0, 0.05) is 27.2 Å². The molecule has 1 fully saturated rings. The molecular weight excluding hydrogens is 349 g/mol. The average molecular weight is 363 g/mol. The van der Waals surface area contributed by atoms with Crippen LogP contribution in [0.25, 0.3) is 0 Å². The number of nitrogens with zero attached hydrogens (tertiary/aromatic N) is 3. The van der Waals surface area contributed by atoms with Crippen molar-refractivity contribution in [3.63, 3.8) is 0 Å². The maximum Gasteiger partial charge on any atom is 0.314 e. The van der Waals surface area contributed by atoms with Crippen LogP contribution in [0.15, 0.2) is 6.20 Å². The molecule has 3 amide bonds. The van der Waals surface area contributed by atoms with Gasteiger partial charge in [-0.15, -0.1) is 0 Å². The molecule has 2 heterocycles. The van der Waals surface area contributed by atoms with Crippen LogP contribution in [0, 0.1) is 3.57 Å². The van der Waals surface area contributed by atoms with Crippen molar-refractivity contribution in [1.29, 1.82) is 0 Å². The minimum absolute atomic E-state index is 0.0276. The summed E-state index contributed by atoms with van der Waals surface area (Å²) in [7, 11) is 3.31. The Kier molecular flexibility index (Phi) is 3.73. The zero-order chi connectivity index (χ0) is 13.3. The molecular formula is C10H14IN5O2. The van der Waals surface area contributed by atoms with Gasteiger partial charge in [0.2, 0.25) is 0 Å². The lowest BCUT2D eigenvalue weighted by Gasteiger charge is -2.39. The van der Waals surface area contributed by atoms with Crippen LogP contribution >= 0.6 is 22.6 Å². The van der Waals surface area contributed by atoms with E-state index in [1.54, 1.807) is 29.9 Å². The first-order chi connectivity index (χ1) is 8.52. The fourth-order valence-corrected chi connectivity index (χ4v) is 2.50. The topological polar surface area (TPSA) is 79.3 Å². The molecule has 1 aromatic rings. The fourth-order valence-electron chi connectivity index (χ4n) is 1.79. The number of carbonyl (C=O) groups is 2. The number of hydrogen-bond donors (Lipinski definition) is 2. The number of aromatic nitrogens is 2. The van der Waals surface area contributed by atoms with E-state index in [1.165, 1.54) is 0 Å². The molecule has 1 aliphatic rings. The summed E-state index contributed by atoms with van der Waals surface area (Å²) in [4.78, 5) is 24.9. The van der Waals surface area contributed by atoms with Gasteiger partial charge in [-0.3, -0.25) is 9.48 Å². The predicted molar refractivity (Wildman–Crippen MR) is 73.2 cm³/mol. The van der Waals surface area contributed by atoms with E-state index in [-0.39, 0.29) is 18.0 Å². The van der Waals surface area contributed by atoms with E-state index in [0.717, 1.165) is 3.57 Å². The zero-order valence-corrected chi connectivity index (χ0v) is 12.3. The second-order valence-corrected chi connectivity index (χ2v) is 5.26. The molecule has 1 aliphatic heterocycles. The van der Waals surface area contributed by atoms with Crippen molar-refractivity contribution in [2.45, 2.75) is 6.04 Å². The lowest BCUT2D eigenvalue weighted by Crippen LogP contribution is -2.62. The Labute approximate surface area is 118 Å². The van der Waals surface area contributed by atoms with E-state index in [2.05, 4.69) is 38.3 Å². The summed E-state index contributed by atoms with van der Waals surface area (Å²) in [5, 5.41) is 9.28. The highest BCUT2D eigenvalue weighted by molar-refractivity contribution is 14.1. The number of amides is 3. The van der Waals surface area contributed by atoms with Crippen LogP contribution in [-0.2, 0) is 7.05 Å².